The van der Waals surface area contributed by atoms with Crippen molar-refractivity contribution in [3.05, 3.63) is 84.9 Å². The van der Waals surface area contributed by atoms with Gasteiger partial charge in [-0.05, 0) is 36.2 Å². The minimum absolute atomic E-state index is 0.211. The van der Waals surface area contributed by atoms with Gasteiger partial charge in [0.2, 0.25) is 10.0 Å². The van der Waals surface area contributed by atoms with Gasteiger partial charge in [0.25, 0.3) is 0 Å². The van der Waals surface area contributed by atoms with Crippen molar-refractivity contribution in [2.75, 3.05) is 18.4 Å². The van der Waals surface area contributed by atoms with E-state index in [9.17, 15) is 8.42 Å². The molecule has 0 radical (unpaired) electrons. The molecule has 0 unspecified atom stereocenters. The zero-order chi connectivity index (χ0) is 21.7. The summed E-state index contributed by atoms with van der Waals surface area (Å²) >= 11 is 0. The molecule has 0 aliphatic carbocycles. The molecule has 0 spiro atoms. The zero-order valence-electron chi connectivity index (χ0n) is 16.9. The third kappa shape index (κ3) is 5.14. The first kappa shape index (κ1) is 20.7. The van der Waals surface area contributed by atoms with Crippen molar-refractivity contribution in [2.24, 2.45) is 0 Å². The highest BCUT2D eigenvalue weighted by Crippen LogP contribution is 2.20. The van der Waals surface area contributed by atoms with Crippen LogP contribution < -0.4 is 10.0 Å². The van der Waals surface area contributed by atoms with Gasteiger partial charge in [0, 0.05) is 31.5 Å². The van der Waals surface area contributed by atoms with Crippen molar-refractivity contribution in [3.8, 4) is 16.9 Å². The van der Waals surface area contributed by atoms with E-state index in [1.807, 2.05) is 48.5 Å². The fourth-order valence-electron chi connectivity index (χ4n) is 3.08. The van der Waals surface area contributed by atoms with Gasteiger partial charge in [-0.25, -0.2) is 27.8 Å². The average molecular weight is 435 g/mol. The Bertz CT molecular complexity index is 1240. The summed E-state index contributed by atoms with van der Waals surface area (Å²) in [5.41, 5.74) is 2.01. The van der Waals surface area contributed by atoms with Crippen LogP contribution >= 0.6 is 0 Å². The number of anilines is 1. The summed E-state index contributed by atoms with van der Waals surface area (Å²) in [6.45, 7) is 2.37. The molecule has 2 heterocycles. The standard InChI is InChI=1S/C22H22N6O2S/c1-17-26-21(16-22(27-17)28-15-5-12-24-28)23-13-14-25-31(29,30)20-10-8-19(9-11-20)18-6-3-2-4-7-18/h2-12,15-16,25H,13-14H2,1H3,(H,23,26,27). The van der Waals surface area contributed by atoms with E-state index in [1.54, 1.807) is 42.2 Å². The van der Waals surface area contributed by atoms with E-state index in [1.165, 1.54) is 0 Å². The van der Waals surface area contributed by atoms with Crippen molar-refractivity contribution < 1.29 is 8.42 Å². The van der Waals surface area contributed by atoms with E-state index < -0.39 is 10.0 Å². The van der Waals surface area contributed by atoms with Crippen LogP contribution in [0.4, 0.5) is 5.82 Å². The molecular weight excluding hydrogens is 412 g/mol. The maximum absolute atomic E-state index is 12.6. The predicted molar refractivity (Wildman–Crippen MR) is 119 cm³/mol. The molecule has 0 saturated heterocycles. The Kier molecular flexibility index (Phi) is 6.06. The third-order valence-corrected chi connectivity index (χ3v) is 6.04. The third-order valence-electron chi connectivity index (χ3n) is 4.56. The van der Waals surface area contributed by atoms with Crippen LogP contribution in [0.15, 0.2) is 84.0 Å². The summed E-state index contributed by atoms with van der Waals surface area (Å²) in [5, 5.41) is 7.29. The zero-order valence-corrected chi connectivity index (χ0v) is 17.7. The van der Waals surface area contributed by atoms with Crippen molar-refractivity contribution in [3.63, 3.8) is 0 Å². The Morgan fingerprint density at radius 2 is 1.65 bits per heavy atom. The first-order valence-electron chi connectivity index (χ1n) is 9.76. The summed E-state index contributed by atoms with van der Waals surface area (Å²) in [4.78, 5) is 8.91. The lowest BCUT2D eigenvalue weighted by Gasteiger charge is -2.10. The molecule has 2 aromatic heterocycles. The lowest BCUT2D eigenvalue weighted by atomic mass is 10.1. The number of aromatic nitrogens is 4. The van der Waals surface area contributed by atoms with Crippen LogP contribution in [0.5, 0.6) is 0 Å². The number of nitrogens with zero attached hydrogens (tertiary/aromatic N) is 4. The molecular formula is C22H22N6O2S. The van der Waals surface area contributed by atoms with Crippen LogP contribution in [-0.4, -0.2) is 41.3 Å². The molecule has 0 amide bonds. The van der Waals surface area contributed by atoms with Gasteiger partial charge in [0.05, 0.1) is 4.90 Å². The predicted octanol–water partition coefficient (Wildman–Crippen LogP) is 3.03. The highest BCUT2D eigenvalue weighted by Gasteiger charge is 2.13. The van der Waals surface area contributed by atoms with Crippen LogP contribution in [0.25, 0.3) is 16.9 Å². The second-order valence-corrected chi connectivity index (χ2v) is 8.59. The minimum Gasteiger partial charge on any atom is -0.369 e. The van der Waals surface area contributed by atoms with Crippen LogP contribution in [0.2, 0.25) is 0 Å². The largest absolute Gasteiger partial charge is 0.369 e. The van der Waals surface area contributed by atoms with Crippen molar-refractivity contribution in [1.29, 1.82) is 0 Å². The Balaban J connectivity index is 1.35. The van der Waals surface area contributed by atoms with Gasteiger partial charge < -0.3 is 5.32 Å². The summed E-state index contributed by atoms with van der Waals surface area (Å²) < 4.78 is 29.4. The quantitative estimate of drug-likeness (QED) is 0.413. The van der Waals surface area contributed by atoms with Gasteiger partial charge in [0.15, 0.2) is 5.82 Å². The molecule has 4 aromatic rings. The fraction of sp³-hybridized carbons (Fsp3) is 0.136. The van der Waals surface area contributed by atoms with E-state index in [0.717, 1.165) is 11.1 Å². The van der Waals surface area contributed by atoms with Gasteiger partial charge >= 0.3 is 0 Å². The van der Waals surface area contributed by atoms with Crippen LogP contribution in [0.3, 0.4) is 0 Å². The lowest BCUT2D eigenvalue weighted by molar-refractivity contribution is 0.583. The Hall–Kier alpha value is -3.56. The summed E-state index contributed by atoms with van der Waals surface area (Å²) in [6.07, 6.45) is 3.47. The number of rotatable bonds is 8. The number of hydrogen-bond acceptors (Lipinski definition) is 6. The van der Waals surface area contributed by atoms with Crippen LogP contribution in [0.1, 0.15) is 5.82 Å². The second kappa shape index (κ2) is 9.07. The van der Waals surface area contributed by atoms with E-state index in [2.05, 4.69) is 25.1 Å². The average Bonchev–Trinajstić information content (AvgIpc) is 3.32. The number of hydrogen-bond donors (Lipinski definition) is 2. The summed E-state index contributed by atoms with van der Waals surface area (Å²) in [7, 11) is -3.60. The van der Waals surface area contributed by atoms with Crippen LogP contribution in [0, 0.1) is 6.92 Å². The van der Waals surface area contributed by atoms with Crippen molar-refractivity contribution in [1.82, 2.24) is 24.5 Å². The maximum atomic E-state index is 12.6. The summed E-state index contributed by atoms with van der Waals surface area (Å²) in [5.74, 6) is 1.83. The Labute approximate surface area is 181 Å². The topological polar surface area (TPSA) is 102 Å². The van der Waals surface area contributed by atoms with Crippen molar-refractivity contribution >= 4 is 15.8 Å². The number of benzene rings is 2. The monoisotopic (exact) mass is 434 g/mol. The molecule has 0 aliphatic rings. The SMILES string of the molecule is Cc1nc(NCCNS(=O)(=O)c2ccc(-c3ccccc3)cc2)cc(-n2cccn2)n1. The smallest absolute Gasteiger partial charge is 0.240 e. The molecule has 158 valence electrons. The number of sulfonamides is 1. The van der Waals surface area contributed by atoms with E-state index in [-0.39, 0.29) is 11.4 Å². The lowest BCUT2D eigenvalue weighted by Crippen LogP contribution is -2.29. The summed E-state index contributed by atoms with van der Waals surface area (Å²) in [6, 6.07) is 20.2. The van der Waals surface area contributed by atoms with Gasteiger partial charge in [0.1, 0.15) is 11.6 Å². The first-order valence-corrected chi connectivity index (χ1v) is 11.2. The molecule has 0 fully saturated rings. The molecule has 9 heteroatoms. The highest BCUT2D eigenvalue weighted by molar-refractivity contribution is 7.89. The molecule has 0 aliphatic heterocycles. The van der Waals surface area contributed by atoms with Gasteiger partial charge in [-0.15, -0.1) is 0 Å². The van der Waals surface area contributed by atoms with E-state index >= 15 is 0 Å². The Morgan fingerprint density at radius 3 is 2.35 bits per heavy atom. The normalized spacial score (nSPS) is 11.4. The Morgan fingerprint density at radius 1 is 0.903 bits per heavy atom. The molecule has 0 atom stereocenters. The maximum Gasteiger partial charge on any atom is 0.240 e. The van der Waals surface area contributed by atoms with E-state index in [0.29, 0.717) is 24.0 Å². The first-order chi connectivity index (χ1) is 15.0. The molecule has 31 heavy (non-hydrogen) atoms. The number of aryl methyl sites for hydroxylation is 1. The molecule has 0 saturated carbocycles. The molecule has 2 aromatic carbocycles. The van der Waals surface area contributed by atoms with Gasteiger partial charge in [-0.2, -0.15) is 5.10 Å². The van der Waals surface area contributed by atoms with Gasteiger partial charge in [-0.3, -0.25) is 0 Å². The molecule has 8 nitrogen and oxygen atoms in total. The van der Waals surface area contributed by atoms with Crippen LogP contribution in [-0.2, 0) is 10.0 Å². The second-order valence-electron chi connectivity index (χ2n) is 6.82. The minimum atomic E-state index is -3.60. The number of nitrogens with one attached hydrogen (secondary N) is 2. The van der Waals surface area contributed by atoms with Crippen molar-refractivity contribution in [2.45, 2.75) is 11.8 Å². The van der Waals surface area contributed by atoms with E-state index in [4.69, 9.17) is 0 Å². The molecule has 2 N–H and O–H groups in total. The molecule has 0 bridgehead atoms. The highest BCUT2D eigenvalue weighted by atomic mass is 32.2. The van der Waals surface area contributed by atoms with Gasteiger partial charge in [-0.1, -0.05) is 42.5 Å². The molecule has 4 rings (SSSR count). The fourth-order valence-corrected chi connectivity index (χ4v) is 4.11.